The lowest BCUT2D eigenvalue weighted by Gasteiger charge is -2.50. The van der Waals surface area contributed by atoms with Crippen LogP contribution < -0.4 is 0 Å². The monoisotopic (exact) mass is 356 g/mol. The third-order valence-electron chi connectivity index (χ3n) is 6.05. The first-order valence-corrected chi connectivity index (χ1v) is 9.57. The van der Waals surface area contributed by atoms with Gasteiger partial charge in [-0.05, 0) is 62.1 Å². The zero-order valence-electron chi connectivity index (χ0n) is 16.2. The van der Waals surface area contributed by atoms with Gasteiger partial charge < -0.3 is 9.26 Å². The standard InChI is InChI=1S/C19H22N2O3.C2H6/c1-18-6-9-19(10-7-18,11-8-18)17-20-15(24-21-17)13-4-3-5-14(12-13)16(22)23-2;1-2/h3-5,12H,6-11H2,1-2H3;1-2H3. The van der Waals surface area contributed by atoms with Crippen molar-refractivity contribution in [2.45, 2.75) is 64.7 Å². The fraction of sp³-hybridized carbons (Fsp3) is 0.571. The Bertz CT molecular complexity index is 757. The fourth-order valence-corrected chi connectivity index (χ4v) is 4.16. The molecule has 0 atom stereocenters. The number of carbonyl (C=O) groups excluding carboxylic acids is 1. The van der Waals surface area contributed by atoms with Crippen molar-refractivity contribution >= 4 is 5.97 Å². The molecule has 5 rings (SSSR count). The maximum absolute atomic E-state index is 11.7. The van der Waals surface area contributed by atoms with Crippen molar-refractivity contribution < 1.29 is 14.1 Å². The van der Waals surface area contributed by atoms with Gasteiger partial charge in [-0.2, -0.15) is 4.98 Å². The summed E-state index contributed by atoms with van der Waals surface area (Å²) in [6, 6.07) is 7.13. The summed E-state index contributed by atoms with van der Waals surface area (Å²) in [5.41, 5.74) is 1.84. The molecule has 0 unspecified atom stereocenters. The van der Waals surface area contributed by atoms with Gasteiger partial charge in [-0.15, -0.1) is 0 Å². The number of aromatic nitrogens is 2. The van der Waals surface area contributed by atoms with E-state index in [1.165, 1.54) is 26.4 Å². The van der Waals surface area contributed by atoms with E-state index in [4.69, 9.17) is 14.2 Å². The first-order valence-electron chi connectivity index (χ1n) is 9.57. The van der Waals surface area contributed by atoms with E-state index in [9.17, 15) is 4.79 Å². The summed E-state index contributed by atoms with van der Waals surface area (Å²) in [6.45, 7) is 6.40. The summed E-state index contributed by atoms with van der Waals surface area (Å²) < 4.78 is 10.3. The minimum Gasteiger partial charge on any atom is -0.465 e. The van der Waals surface area contributed by atoms with Crippen molar-refractivity contribution in [3.63, 3.8) is 0 Å². The normalized spacial score (nSPS) is 26.8. The lowest BCUT2D eigenvalue weighted by atomic mass is 9.54. The Morgan fingerprint density at radius 1 is 1.12 bits per heavy atom. The van der Waals surface area contributed by atoms with E-state index in [-0.39, 0.29) is 11.4 Å². The minimum absolute atomic E-state index is 0.0828. The van der Waals surface area contributed by atoms with Crippen LogP contribution in [-0.4, -0.2) is 23.2 Å². The Labute approximate surface area is 155 Å². The van der Waals surface area contributed by atoms with Crippen molar-refractivity contribution in [1.29, 1.82) is 0 Å². The van der Waals surface area contributed by atoms with Gasteiger partial charge in [-0.1, -0.05) is 32.0 Å². The van der Waals surface area contributed by atoms with E-state index in [0.29, 0.717) is 16.9 Å². The Balaban J connectivity index is 0.000000948. The molecule has 0 radical (unpaired) electrons. The zero-order chi connectivity index (χ0) is 18.8. The summed E-state index contributed by atoms with van der Waals surface area (Å²) in [5.74, 6) is 0.945. The molecule has 3 aliphatic carbocycles. The van der Waals surface area contributed by atoms with E-state index in [0.717, 1.165) is 30.7 Å². The predicted octanol–water partition coefficient (Wildman–Crippen LogP) is 5.16. The van der Waals surface area contributed by atoms with Crippen LogP contribution in [0.5, 0.6) is 0 Å². The van der Waals surface area contributed by atoms with Crippen LogP contribution in [0.2, 0.25) is 0 Å². The van der Waals surface area contributed by atoms with Crippen LogP contribution in [0, 0.1) is 5.41 Å². The van der Waals surface area contributed by atoms with Gasteiger partial charge in [0, 0.05) is 11.0 Å². The Kier molecular flexibility index (Phi) is 5.17. The molecule has 26 heavy (non-hydrogen) atoms. The molecule has 0 N–H and O–H groups in total. The van der Waals surface area contributed by atoms with Crippen LogP contribution in [0.25, 0.3) is 11.5 Å². The second kappa shape index (κ2) is 7.22. The predicted molar refractivity (Wildman–Crippen MR) is 99.9 cm³/mol. The largest absolute Gasteiger partial charge is 0.465 e. The van der Waals surface area contributed by atoms with Gasteiger partial charge in [-0.25, -0.2) is 4.79 Å². The van der Waals surface area contributed by atoms with E-state index in [1.54, 1.807) is 18.2 Å². The summed E-state index contributed by atoms with van der Waals surface area (Å²) in [5, 5.41) is 4.30. The van der Waals surface area contributed by atoms with E-state index in [1.807, 2.05) is 19.9 Å². The highest BCUT2D eigenvalue weighted by molar-refractivity contribution is 5.90. The number of benzene rings is 1. The molecule has 5 nitrogen and oxygen atoms in total. The highest BCUT2D eigenvalue weighted by atomic mass is 16.5. The number of esters is 1. The molecule has 0 saturated heterocycles. The highest BCUT2D eigenvalue weighted by Crippen LogP contribution is 2.56. The molecular weight excluding hydrogens is 328 g/mol. The number of carbonyl (C=O) groups is 1. The third-order valence-corrected chi connectivity index (χ3v) is 6.05. The van der Waals surface area contributed by atoms with Crippen LogP contribution in [0.15, 0.2) is 28.8 Å². The molecule has 1 heterocycles. The minimum atomic E-state index is -0.367. The van der Waals surface area contributed by atoms with E-state index < -0.39 is 0 Å². The molecule has 2 bridgehead atoms. The van der Waals surface area contributed by atoms with Crippen molar-refractivity contribution in [2.24, 2.45) is 5.41 Å². The SMILES string of the molecule is CC.COC(=O)c1cccc(-c2nc(C34CCC(C)(CC3)CC4)no2)c1. The number of hydrogen-bond acceptors (Lipinski definition) is 5. The lowest BCUT2D eigenvalue weighted by molar-refractivity contribution is 0.0493. The molecular formula is C21H28N2O3. The van der Waals surface area contributed by atoms with Crippen LogP contribution in [0.3, 0.4) is 0 Å². The van der Waals surface area contributed by atoms with Crippen LogP contribution in [0.1, 0.15) is 75.5 Å². The summed E-state index contributed by atoms with van der Waals surface area (Å²) in [4.78, 5) is 16.4. The average Bonchev–Trinajstić information content (AvgIpc) is 3.21. The molecule has 1 aromatic heterocycles. The first kappa shape index (κ1) is 18.6. The van der Waals surface area contributed by atoms with Crippen molar-refractivity contribution in [3.05, 3.63) is 35.7 Å². The van der Waals surface area contributed by atoms with Crippen LogP contribution in [0.4, 0.5) is 0 Å². The molecule has 0 amide bonds. The maximum atomic E-state index is 11.7. The third kappa shape index (κ3) is 3.27. The maximum Gasteiger partial charge on any atom is 0.337 e. The summed E-state index contributed by atoms with van der Waals surface area (Å²) >= 11 is 0. The molecule has 5 heteroatoms. The quantitative estimate of drug-likeness (QED) is 0.711. The molecule has 1 aromatic carbocycles. The van der Waals surface area contributed by atoms with Crippen molar-refractivity contribution in [1.82, 2.24) is 10.1 Å². The average molecular weight is 356 g/mol. The van der Waals surface area contributed by atoms with Gasteiger partial charge in [0.05, 0.1) is 12.7 Å². The molecule has 3 fully saturated rings. The number of hydrogen-bond donors (Lipinski definition) is 0. The van der Waals surface area contributed by atoms with Gasteiger partial charge in [0.15, 0.2) is 5.82 Å². The van der Waals surface area contributed by atoms with E-state index in [2.05, 4.69) is 12.1 Å². The Morgan fingerprint density at radius 2 is 1.77 bits per heavy atom. The molecule has 0 aliphatic heterocycles. The molecule has 3 aliphatic rings. The number of ether oxygens (including phenoxy) is 1. The van der Waals surface area contributed by atoms with Crippen LogP contribution in [-0.2, 0) is 10.2 Å². The Morgan fingerprint density at radius 3 is 2.38 bits per heavy atom. The highest BCUT2D eigenvalue weighted by Gasteiger charge is 2.49. The van der Waals surface area contributed by atoms with Gasteiger partial charge in [0.25, 0.3) is 5.89 Å². The van der Waals surface area contributed by atoms with Gasteiger partial charge in [0.2, 0.25) is 0 Å². The van der Waals surface area contributed by atoms with Crippen molar-refractivity contribution in [3.8, 4) is 11.5 Å². The number of fused-ring (bicyclic) bond motifs is 3. The smallest absolute Gasteiger partial charge is 0.337 e. The van der Waals surface area contributed by atoms with E-state index >= 15 is 0 Å². The van der Waals surface area contributed by atoms with Crippen LogP contribution >= 0.6 is 0 Å². The second-order valence-electron chi connectivity index (χ2n) is 7.59. The van der Waals surface area contributed by atoms with Gasteiger partial charge in [0.1, 0.15) is 0 Å². The summed E-state index contributed by atoms with van der Waals surface area (Å²) in [7, 11) is 1.37. The molecule has 2 aromatic rings. The molecule has 140 valence electrons. The molecule has 0 spiro atoms. The summed E-state index contributed by atoms with van der Waals surface area (Å²) in [6.07, 6.45) is 7.16. The number of methoxy groups -OCH3 is 1. The van der Waals surface area contributed by atoms with Crippen molar-refractivity contribution in [2.75, 3.05) is 7.11 Å². The lowest BCUT2D eigenvalue weighted by Crippen LogP contribution is -2.43. The Hall–Kier alpha value is -2.17. The fourth-order valence-electron chi connectivity index (χ4n) is 4.16. The second-order valence-corrected chi connectivity index (χ2v) is 7.59. The molecule has 3 saturated carbocycles. The van der Waals surface area contributed by atoms with Gasteiger partial charge >= 0.3 is 5.97 Å². The first-order chi connectivity index (χ1) is 12.5. The number of nitrogens with zero attached hydrogens (tertiary/aromatic N) is 2. The zero-order valence-corrected chi connectivity index (χ0v) is 16.2. The topological polar surface area (TPSA) is 65.2 Å². The number of rotatable bonds is 3. The van der Waals surface area contributed by atoms with Gasteiger partial charge in [-0.3, -0.25) is 0 Å².